The molecule has 2 amide bonds. The van der Waals surface area contributed by atoms with Crippen molar-refractivity contribution >= 4 is 17.7 Å². The second-order valence-electron chi connectivity index (χ2n) is 12.0. The molecule has 5 heterocycles. The molecule has 2 fully saturated rings. The van der Waals surface area contributed by atoms with Crippen molar-refractivity contribution < 1.29 is 28.2 Å². The zero-order valence-corrected chi connectivity index (χ0v) is 24.9. The smallest absolute Gasteiger partial charge is 0.407 e. The van der Waals surface area contributed by atoms with Gasteiger partial charge in [0.05, 0.1) is 42.9 Å². The van der Waals surface area contributed by atoms with Crippen LogP contribution in [0.1, 0.15) is 56.5 Å². The molecule has 4 atom stereocenters. The summed E-state index contributed by atoms with van der Waals surface area (Å²) >= 11 is 0. The zero-order valence-electron chi connectivity index (χ0n) is 24.9. The number of hydrogen-bond acceptors (Lipinski definition) is 7. The molecule has 5 aliphatic rings. The molecule has 230 valence electrons. The Hall–Kier alpha value is -4.54. The maximum Gasteiger partial charge on any atom is 0.407 e. The Morgan fingerprint density at radius 3 is 2.98 bits per heavy atom. The zero-order chi connectivity index (χ0) is 30.5. The summed E-state index contributed by atoms with van der Waals surface area (Å²) < 4.78 is 33.2. The van der Waals surface area contributed by atoms with E-state index < -0.39 is 18.1 Å². The highest BCUT2D eigenvalue weighted by molar-refractivity contribution is 5.83. The van der Waals surface area contributed by atoms with Crippen molar-refractivity contribution in [1.29, 1.82) is 0 Å². The number of fused-ring (bicyclic) bond motifs is 4. The Bertz CT molecular complexity index is 1630. The fraction of sp³-hybridized carbons (Fsp3) is 0.424. The van der Waals surface area contributed by atoms with Crippen molar-refractivity contribution in [2.75, 3.05) is 26.8 Å². The minimum atomic E-state index is -0.660. The fourth-order valence-electron chi connectivity index (χ4n) is 7.03. The van der Waals surface area contributed by atoms with Crippen LogP contribution in [0.5, 0.6) is 5.75 Å². The van der Waals surface area contributed by atoms with Gasteiger partial charge in [-0.1, -0.05) is 25.7 Å². The number of methoxy groups -OCH3 is 1. The molecule has 11 heteroatoms. The van der Waals surface area contributed by atoms with Crippen LogP contribution >= 0.6 is 0 Å². The van der Waals surface area contributed by atoms with Gasteiger partial charge in [-0.3, -0.25) is 4.79 Å². The van der Waals surface area contributed by atoms with Crippen molar-refractivity contribution in [3.63, 3.8) is 0 Å². The number of nitrogens with zero attached hydrogens (tertiary/aromatic N) is 3. The number of imidazole rings is 1. The van der Waals surface area contributed by atoms with Crippen molar-refractivity contribution in [3.05, 3.63) is 77.4 Å². The molecule has 1 aliphatic carbocycles. The van der Waals surface area contributed by atoms with Crippen LogP contribution in [0.2, 0.25) is 0 Å². The standard InChI is InChI=1S/C33H36FN5O5/c1-18-12-20-6-5-11-43-27(20)15-22(18)32-39-19(2)8-9-25(39)30-23(34)13-21(14-28(30)44-32)24-16-35-31(37-24)26-7-4-10-38(26)29(40)17-36-33(41)42-3/h9,12-16,18,22,26,32H,2,4-8,10-11,17H2,1,3H3,(H,35,37)(H,36,41)/t18?,22?,26-,32?/m0/s1. The van der Waals surface area contributed by atoms with Crippen LogP contribution in [0.4, 0.5) is 9.18 Å². The van der Waals surface area contributed by atoms with Gasteiger partial charge in [-0.15, -0.1) is 0 Å². The lowest BCUT2D eigenvalue weighted by Crippen LogP contribution is -2.46. The van der Waals surface area contributed by atoms with E-state index in [-0.39, 0.29) is 30.3 Å². The van der Waals surface area contributed by atoms with Gasteiger partial charge in [0.15, 0.2) is 6.23 Å². The lowest BCUT2D eigenvalue weighted by atomic mass is 9.82. The van der Waals surface area contributed by atoms with E-state index in [1.54, 1.807) is 11.1 Å². The van der Waals surface area contributed by atoms with E-state index in [4.69, 9.17) is 9.47 Å². The largest absolute Gasteiger partial charge is 0.494 e. The number of amides is 2. The highest BCUT2D eigenvalue weighted by atomic mass is 19.1. The lowest BCUT2D eigenvalue weighted by Gasteiger charge is -2.44. The SMILES string of the molecule is C=C1CC=C2c3c(F)cc(-c4cnc([C@@H]5CCCN5C(=O)CNC(=O)OC)[nH]4)cc3OC(C3C=C4OCCCC4=CC3C)N12. The Balaban J connectivity index is 1.17. The molecule has 0 bridgehead atoms. The van der Waals surface area contributed by atoms with E-state index >= 15 is 4.39 Å². The number of benzene rings is 1. The van der Waals surface area contributed by atoms with E-state index in [1.807, 2.05) is 17.0 Å². The molecule has 10 nitrogen and oxygen atoms in total. The van der Waals surface area contributed by atoms with Crippen LogP contribution in [0.25, 0.3) is 17.0 Å². The number of H-pyrrole nitrogens is 1. The predicted octanol–water partition coefficient (Wildman–Crippen LogP) is 5.40. The van der Waals surface area contributed by atoms with Gasteiger partial charge in [-0.2, -0.15) is 0 Å². The second-order valence-corrected chi connectivity index (χ2v) is 12.0. The van der Waals surface area contributed by atoms with Gasteiger partial charge in [-0.25, -0.2) is 14.2 Å². The quantitative estimate of drug-likeness (QED) is 0.472. The van der Waals surface area contributed by atoms with Crippen LogP contribution in [0.3, 0.4) is 0 Å². The molecule has 0 radical (unpaired) electrons. The van der Waals surface area contributed by atoms with Crippen LogP contribution in [0, 0.1) is 17.7 Å². The summed E-state index contributed by atoms with van der Waals surface area (Å²) in [7, 11) is 1.25. The van der Waals surface area contributed by atoms with Gasteiger partial charge >= 0.3 is 6.09 Å². The number of rotatable bonds is 5. The van der Waals surface area contributed by atoms with E-state index in [0.29, 0.717) is 48.0 Å². The summed E-state index contributed by atoms with van der Waals surface area (Å²) in [5.74, 6) is 1.56. The van der Waals surface area contributed by atoms with Crippen molar-refractivity contribution in [2.24, 2.45) is 11.8 Å². The lowest BCUT2D eigenvalue weighted by molar-refractivity contribution is -0.131. The van der Waals surface area contributed by atoms with Gasteiger partial charge in [0.25, 0.3) is 0 Å². The molecule has 2 saturated heterocycles. The van der Waals surface area contributed by atoms with Gasteiger partial charge < -0.3 is 34.3 Å². The van der Waals surface area contributed by atoms with Gasteiger partial charge in [0, 0.05) is 30.1 Å². The maximum atomic E-state index is 16.0. The monoisotopic (exact) mass is 601 g/mol. The molecule has 2 N–H and O–H groups in total. The molecule has 0 spiro atoms. The maximum absolute atomic E-state index is 16.0. The number of likely N-dealkylation sites (tertiary alicyclic amines) is 1. The number of alkyl carbamates (subject to hydrolysis) is 1. The second kappa shape index (κ2) is 11.2. The number of aromatic amines is 1. The van der Waals surface area contributed by atoms with Crippen molar-refractivity contribution in [1.82, 2.24) is 25.1 Å². The summed E-state index contributed by atoms with van der Waals surface area (Å²) in [5, 5.41) is 2.44. The molecule has 0 saturated carbocycles. The number of ether oxygens (including phenoxy) is 3. The molecule has 4 aliphatic heterocycles. The number of carbonyl (C=O) groups is 2. The minimum Gasteiger partial charge on any atom is -0.494 e. The third-order valence-corrected chi connectivity index (χ3v) is 9.22. The molecule has 2 aromatic rings. The third-order valence-electron chi connectivity index (χ3n) is 9.22. The summed E-state index contributed by atoms with van der Waals surface area (Å²) in [4.78, 5) is 35.9. The molecule has 1 aromatic carbocycles. The van der Waals surface area contributed by atoms with E-state index in [0.717, 1.165) is 42.8 Å². The van der Waals surface area contributed by atoms with Crippen LogP contribution in [-0.2, 0) is 14.3 Å². The first-order valence-corrected chi connectivity index (χ1v) is 15.2. The number of allylic oxidation sites excluding steroid dienone is 3. The van der Waals surface area contributed by atoms with Gasteiger partial charge in [0.2, 0.25) is 5.91 Å². The molecule has 1 aromatic heterocycles. The minimum absolute atomic E-state index is 0.0247. The molecule has 44 heavy (non-hydrogen) atoms. The fourth-order valence-corrected chi connectivity index (χ4v) is 7.03. The Kier molecular flexibility index (Phi) is 7.18. The van der Waals surface area contributed by atoms with Crippen molar-refractivity contribution in [2.45, 2.75) is 51.3 Å². The number of hydrogen-bond donors (Lipinski definition) is 2. The highest BCUT2D eigenvalue weighted by Crippen LogP contribution is 2.49. The first-order chi connectivity index (χ1) is 21.3. The van der Waals surface area contributed by atoms with E-state index in [2.05, 4.69) is 45.7 Å². The number of nitrogens with one attached hydrogen (secondary N) is 2. The highest BCUT2D eigenvalue weighted by Gasteiger charge is 2.43. The average molecular weight is 602 g/mol. The number of aromatic nitrogens is 2. The van der Waals surface area contributed by atoms with Crippen LogP contribution < -0.4 is 10.1 Å². The van der Waals surface area contributed by atoms with Gasteiger partial charge in [-0.05, 0) is 55.4 Å². The summed E-state index contributed by atoms with van der Waals surface area (Å²) in [5.41, 5.74) is 4.55. The number of carbonyl (C=O) groups excluding carboxylic acids is 2. The Morgan fingerprint density at radius 1 is 1.27 bits per heavy atom. The third kappa shape index (κ3) is 4.84. The molecule has 3 unspecified atom stereocenters. The van der Waals surface area contributed by atoms with E-state index in [9.17, 15) is 9.59 Å². The predicted molar refractivity (Wildman–Crippen MR) is 160 cm³/mol. The molecular formula is C33H36FN5O5. The average Bonchev–Trinajstić information content (AvgIpc) is 3.79. The molecular weight excluding hydrogens is 565 g/mol. The van der Waals surface area contributed by atoms with Crippen LogP contribution in [-0.4, -0.2) is 64.8 Å². The normalized spacial score (nSPS) is 25.5. The Labute approximate surface area is 255 Å². The summed E-state index contributed by atoms with van der Waals surface area (Å²) in [6.07, 6.45) is 11.3. The molecule has 7 rings (SSSR count). The first-order valence-electron chi connectivity index (χ1n) is 15.2. The first kappa shape index (κ1) is 28.2. The van der Waals surface area contributed by atoms with Crippen molar-refractivity contribution in [3.8, 4) is 17.0 Å². The Morgan fingerprint density at radius 2 is 2.14 bits per heavy atom. The summed E-state index contributed by atoms with van der Waals surface area (Å²) in [6, 6.07) is 3.08. The topological polar surface area (TPSA) is 109 Å². The van der Waals surface area contributed by atoms with E-state index in [1.165, 1.54) is 18.7 Å². The van der Waals surface area contributed by atoms with Crippen LogP contribution in [0.15, 0.2) is 60.2 Å². The van der Waals surface area contributed by atoms with Gasteiger partial charge in [0.1, 0.15) is 29.7 Å². The summed E-state index contributed by atoms with van der Waals surface area (Å²) in [6.45, 7) is 7.56. The number of halogens is 1.